The summed E-state index contributed by atoms with van der Waals surface area (Å²) in [7, 11) is 0. The molecule has 8 nitrogen and oxygen atoms in total. The summed E-state index contributed by atoms with van der Waals surface area (Å²) >= 11 is 6.10. The number of hydrogen-bond acceptors (Lipinski definition) is 5. The number of nitrogens with zero attached hydrogens (tertiary/aromatic N) is 2. The van der Waals surface area contributed by atoms with Gasteiger partial charge in [-0.25, -0.2) is 0 Å². The van der Waals surface area contributed by atoms with Gasteiger partial charge in [0.1, 0.15) is 6.04 Å². The van der Waals surface area contributed by atoms with Crippen molar-refractivity contribution in [3.63, 3.8) is 0 Å². The predicted molar refractivity (Wildman–Crippen MR) is 132 cm³/mol. The third kappa shape index (κ3) is 6.27. The first-order chi connectivity index (χ1) is 17.0. The van der Waals surface area contributed by atoms with Crippen LogP contribution in [-0.2, 0) is 9.59 Å². The Bertz CT molecular complexity index is 1130. The molecular weight excluding hydrogens is 468 g/mol. The number of amides is 3. The maximum absolute atomic E-state index is 13.7. The molecule has 1 aromatic carbocycles. The van der Waals surface area contributed by atoms with Crippen LogP contribution < -0.4 is 15.5 Å². The van der Waals surface area contributed by atoms with Crippen LogP contribution in [0.5, 0.6) is 0 Å². The fourth-order valence-electron chi connectivity index (χ4n) is 4.26. The SMILES string of the molecule is O=C(NCC(=O)N(c1cccnc1)[C@@H](C(=O)NC1CCCCC1)c1ccc(Cl)cc1)c1ccco1. The molecule has 1 saturated carbocycles. The third-order valence-electron chi connectivity index (χ3n) is 5.98. The molecule has 35 heavy (non-hydrogen) atoms. The van der Waals surface area contributed by atoms with Gasteiger partial charge in [0.15, 0.2) is 5.76 Å². The minimum atomic E-state index is -0.980. The van der Waals surface area contributed by atoms with E-state index in [9.17, 15) is 14.4 Å². The first kappa shape index (κ1) is 24.5. The van der Waals surface area contributed by atoms with Crippen molar-refractivity contribution in [2.24, 2.45) is 0 Å². The number of furan rings is 1. The van der Waals surface area contributed by atoms with E-state index >= 15 is 0 Å². The van der Waals surface area contributed by atoms with E-state index in [0.717, 1.165) is 32.1 Å². The van der Waals surface area contributed by atoms with Gasteiger partial charge in [0.2, 0.25) is 11.8 Å². The Kier molecular flexibility index (Phi) is 8.15. The van der Waals surface area contributed by atoms with Crippen LogP contribution >= 0.6 is 11.6 Å². The van der Waals surface area contributed by atoms with Gasteiger partial charge in [-0.1, -0.05) is 43.0 Å². The van der Waals surface area contributed by atoms with Gasteiger partial charge in [-0.15, -0.1) is 0 Å². The Hall–Kier alpha value is -3.65. The lowest BCUT2D eigenvalue weighted by Crippen LogP contribution is -2.49. The molecule has 9 heteroatoms. The number of pyridine rings is 1. The lowest BCUT2D eigenvalue weighted by molar-refractivity contribution is -0.127. The number of nitrogens with one attached hydrogen (secondary N) is 2. The molecule has 182 valence electrons. The summed E-state index contributed by atoms with van der Waals surface area (Å²) in [4.78, 5) is 45.1. The first-order valence-electron chi connectivity index (χ1n) is 11.6. The summed E-state index contributed by atoms with van der Waals surface area (Å²) in [5.74, 6) is -1.20. The second-order valence-corrected chi connectivity index (χ2v) is 8.87. The third-order valence-corrected chi connectivity index (χ3v) is 6.23. The predicted octanol–water partition coefficient (Wildman–Crippen LogP) is 4.28. The Morgan fingerprint density at radius 3 is 2.49 bits per heavy atom. The topological polar surface area (TPSA) is 105 Å². The number of carbonyl (C=O) groups excluding carboxylic acids is 3. The van der Waals surface area contributed by atoms with Gasteiger partial charge in [0.25, 0.3) is 5.91 Å². The Morgan fingerprint density at radius 1 is 1.06 bits per heavy atom. The standard InChI is InChI=1S/C26H27ClN4O4/c27-19-12-10-18(11-13-19)24(26(34)30-20-6-2-1-3-7-20)31(21-8-4-14-28-16-21)23(32)17-29-25(33)22-9-5-15-35-22/h4-5,8-16,20,24H,1-3,6-7,17H2,(H,29,33)(H,30,34)/t24-/m1/s1. The fraction of sp³-hybridized carbons (Fsp3) is 0.308. The zero-order valence-electron chi connectivity index (χ0n) is 19.2. The lowest BCUT2D eigenvalue weighted by Gasteiger charge is -2.33. The van der Waals surface area contributed by atoms with E-state index in [1.165, 1.54) is 23.4 Å². The smallest absolute Gasteiger partial charge is 0.287 e. The normalized spacial score (nSPS) is 14.7. The zero-order valence-corrected chi connectivity index (χ0v) is 19.9. The van der Waals surface area contributed by atoms with E-state index in [2.05, 4.69) is 15.6 Å². The van der Waals surface area contributed by atoms with Crippen molar-refractivity contribution < 1.29 is 18.8 Å². The van der Waals surface area contributed by atoms with Gasteiger partial charge < -0.3 is 15.1 Å². The molecule has 1 aliphatic rings. The Labute approximate surface area is 208 Å². The van der Waals surface area contributed by atoms with Crippen LogP contribution in [-0.4, -0.2) is 35.3 Å². The highest BCUT2D eigenvalue weighted by atomic mass is 35.5. The largest absolute Gasteiger partial charge is 0.459 e. The van der Waals surface area contributed by atoms with E-state index in [-0.39, 0.29) is 24.3 Å². The number of carbonyl (C=O) groups is 3. The molecule has 2 heterocycles. The van der Waals surface area contributed by atoms with Crippen molar-refractivity contribution >= 4 is 35.0 Å². The molecule has 0 saturated heterocycles. The van der Waals surface area contributed by atoms with Gasteiger partial charge in [-0.3, -0.25) is 24.3 Å². The van der Waals surface area contributed by atoms with Crippen molar-refractivity contribution in [2.75, 3.05) is 11.4 Å². The van der Waals surface area contributed by atoms with Crippen molar-refractivity contribution in [2.45, 2.75) is 44.2 Å². The van der Waals surface area contributed by atoms with E-state index in [1.807, 2.05) is 0 Å². The maximum atomic E-state index is 13.7. The summed E-state index contributed by atoms with van der Waals surface area (Å²) < 4.78 is 5.10. The minimum Gasteiger partial charge on any atom is -0.459 e. The molecule has 1 fully saturated rings. The molecule has 1 atom stereocenters. The fourth-order valence-corrected chi connectivity index (χ4v) is 4.39. The van der Waals surface area contributed by atoms with Gasteiger partial charge in [-0.2, -0.15) is 0 Å². The van der Waals surface area contributed by atoms with E-state index in [1.54, 1.807) is 48.7 Å². The van der Waals surface area contributed by atoms with Gasteiger partial charge in [-0.05, 0) is 54.8 Å². The molecule has 4 rings (SSSR count). The summed E-state index contributed by atoms with van der Waals surface area (Å²) in [5, 5.41) is 6.23. The van der Waals surface area contributed by atoms with E-state index < -0.39 is 17.9 Å². The molecule has 2 N–H and O–H groups in total. The number of benzene rings is 1. The first-order valence-corrected chi connectivity index (χ1v) is 12.0. The summed E-state index contributed by atoms with van der Waals surface area (Å²) in [5.41, 5.74) is 1.03. The number of anilines is 1. The van der Waals surface area contributed by atoms with Crippen molar-refractivity contribution in [1.82, 2.24) is 15.6 Å². The molecule has 0 aliphatic heterocycles. The molecule has 2 aromatic heterocycles. The van der Waals surface area contributed by atoms with Crippen LogP contribution in [0.1, 0.15) is 54.3 Å². The molecule has 3 amide bonds. The molecule has 0 unspecified atom stereocenters. The van der Waals surface area contributed by atoms with Crippen molar-refractivity contribution in [1.29, 1.82) is 0 Å². The van der Waals surface area contributed by atoms with Gasteiger partial charge >= 0.3 is 0 Å². The van der Waals surface area contributed by atoms with Crippen LogP contribution in [0.4, 0.5) is 5.69 Å². The Balaban J connectivity index is 1.65. The summed E-state index contributed by atoms with van der Waals surface area (Å²) in [6.45, 7) is -0.338. The number of halogens is 1. The minimum absolute atomic E-state index is 0.0514. The molecule has 1 aliphatic carbocycles. The lowest BCUT2D eigenvalue weighted by atomic mass is 9.94. The highest BCUT2D eigenvalue weighted by Crippen LogP contribution is 2.29. The summed E-state index contributed by atoms with van der Waals surface area (Å²) in [6.07, 6.45) is 9.56. The second-order valence-electron chi connectivity index (χ2n) is 8.43. The van der Waals surface area contributed by atoms with Crippen LogP contribution in [0.25, 0.3) is 0 Å². The second kappa shape index (κ2) is 11.7. The molecule has 0 bridgehead atoms. The molecule has 0 spiro atoms. The van der Waals surface area contributed by atoms with E-state index in [0.29, 0.717) is 16.3 Å². The van der Waals surface area contributed by atoms with Crippen molar-refractivity contribution in [3.05, 3.63) is 83.5 Å². The van der Waals surface area contributed by atoms with Crippen molar-refractivity contribution in [3.8, 4) is 0 Å². The number of aromatic nitrogens is 1. The van der Waals surface area contributed by atoms with Crippen LogP contribution in [0, 0.1) is 0 Å². The monoisotopic (exact) mass is 494 g/mol. The van der Waals surface area contributed by atoms with E-state index in [4.69, 9.17) is 16.0 Å². The molecular formula is C26H27ClN4O4. The van der Waals surface area contributed by atoms with Crippen LogP contribution in [0.3, 0.4) is 0 Å². The van der Waals surface area contributed by atoms with Crippen LogP contribution in [0.15, 0.2) is 71.6 Å². The van der Waals surface area contributed by atoms with Crippen LogP contribution in [0.2, 0.25) is 5.02 Å². The molecule has 0 radical (unpaired) electrons. The Morgan fingerprint density at radius 2 is 1.83 bits per heavy atom. The number of hydrogen-bond donors (Lipinski definition) is 2. The zero-order chi connectivity index (χ0) is 24.6. The quantitative estimate of drug-likeness (QED) is 0.486. The average Bonchev–Trinajstić information content (AvgIpc) is 3.43. The average molecular weight is 495 g/mol. The van der Waals surface area contributed by atoms with Gasteiger partial charge in [0.05, 0.1) is 24.7 Å². The molecule has 3 aromatic rings. The summed E-state index contributed by atoms with van der Waals surface area (Å²) in [6, 6.07) is 12.4. The maximum Gasteiger partial charge on any atom is 0.287 e. The van der Waals surface area contributed by atoms with Gasteiger partial charge in [0, 0.05) is 17.3 Å². The highest BCUT2D eigenvalue weighted by molar-refractivity contribution is 6.30. The highest BCUT2D eigenvalue weighted by Gasteiger charge is 2.34. The number of rotatable bonds is 8.